The number of ether oxygens (including phenoxy) is 1. The van der Waals surface area contributed by atoms with E-state index in [-0.39, 0.29) is 0 Å². The summed E-state index contributed by atoms with van der Waals surface area (Å²) in [7, 11) is 1.77. The lowest BCUT2D eigenvalue weighted by molar-refractivity contribution is 0.131. The zero-order valence-corrected chi connectivity index (χ0v) is 12.7. The van der Waals surface area contributed by atoms with Crippen molar-refractivity contribution in [1.82, 2.24) is 19.7 Å². The van der Waals surface area contributed by atoms with Gasteiger partial charge in [0.2, 0.25) is 0 Å². The molecule has 0 bridgehead atoms. The van der Waals surface area contributed by atoms with Crippen LogP contribution in [0.3, 0.4) is 0 Å². The van der Waals surface area contributed by atoms with Crippen molar-refractivity contribution in [2.45, 2.75) is 32.5 Å². The van der Waals surface area contributed by atoms with Crippen molar-refractivity contribution in [1.29, 1.82) is 0 Å². The molecule has 0 saturated heterocycles. The third-order valence-electron chi connectivity index (χ3n) is 4.00. The second-order valence-electron chi connectivity index (χ2n) is 5.51. The van der Waals surface area contributed by atoms with Gasteiger partial charge in [-0.2, -0.15) is 5.10 Å². The van der Waals surface area contributed by atoms with Gasteiger partial charge < -0.3 is 4.74 Å². The minimum Gasteiger partial charge on any atom is -0.384 e. The van der Waals surface area contributed by atoms with E-state index in [4.69, 9.17) is 4.74 Å². The van der Waals surface area contributed by atoms with Gasteiger partial charge in [0.05, 0.1) is 18.5 Å². The second kappa shape index (κ2) is 6.37. The first-order valence-electron chi connectivity index (χ1n) is 7.47. The molecule has 1 aliphatic rings. The van der Waals surface area contributed by atoms with E-state index in [1.807, 2.05) is 24.5 Å². The van der Waals surface area contributed by atoms with E-state index in [1.54, 1.807) is 7.11 Å². The molecule has 0 aliphatic carbocycles. The van der Waals surface area contributed by atoms with Gasteiger partial charge >= 0.3 is 0 Å². The minimum atomic E-state index is 0.380. The van der Waals surface area contributed by atoms with E-state index in [0.29, 0.717) is 5.92 Å². The predicted molar refractivity (Wildman–Crippen MR) is 80.9 cm³/mol. The van der Waals surface area contributed by atoms with Crippen LogP contribution in [-0.4, -0.2) is 39.9 Å². The average molecular weight is 286 g/mol. The van der Waals surface area contributed by atoms with Gasteiger partial charge in [0, 0.05) is 56.7 Å². The van der Waals surface area contributed by atoms with Crippen molar-refractivity contribution in [3.05, 3.63) is 47.5 Å². The standard InChI is InChI=1S/C16H22N4O/c1-3-20-16-13(8-18-20)9-19(10-14(16)12-21-2)11-15-6-4-5-7-17-15/h4-8,14H,3,9-12H2,1-2H3/t14-/m0/s1. The van der Waals surface area contributed by atoms with Crippen molar-refractivity contribution in [2.24, 2.45) is 0 Å². The van der Waals surface area contributed by atoms with Crippen LogP contribution < -0.4 is 0 Å². The molecule has 5 heteroatoms. The van der Waals surface area contributed by atoms with Crippen LogP contribution >= 0.6 is 0 Å². The molecule has 3 rings (SSSR count). The van der Waals surface area contributed by atoms with Crippen molar-refractivity contribution in [2.75, 3.05) is 20.3 Å². The number of nitrogens with zero attached hydrogens (tertiary/aromatic N) is 4. The maximum atomic E-state index is 5.42. The molecule has 3 heterocycles. The quantitative estimate of drug-likeness (QED) is 0.843. The Morgan fingerprint density at radius 3 is 3.00 bits per heavy atom. The summed E-state index contributed by atoms with van der Waals surface area (Å²) < 4.78 is 7.53. The Balaban J connectivity index is 1.81. The molecular formula is C16H22N4O. The Kier molecular flexibility index (Phi) is 4.31. The van der Waals surface area contributed by atoms with E-state index < -0.39 is 0 Å². The van der Waals surface area contributed by atoms with Gasteiger partial charge in [-0.15, -0.1) is 0 Å². The highest BCUT2D eigenvalue weighted by Crippen LogP contribution is 2.29. The average Bonchev–Trinajstić information content (AvgIpc) is 2.92. The van der Waals surface area contributed by atoms with Gasteiger partial charge in [-0.05, 0) is 19.1 Å². The zero-order chi connectivity index (χ0) is 14.7. The molecule has 0 amide bonds. The highest BCUT2D eigenvalue weighted by Gasteiger charge is 2.29. The van der Waals surface area contributed by atoms with Crippen LogP contribution in [0, 0.1) is 0 Å². The summed E-state index contributed by atoms with van der Waals surface area (Å²) in [6.07, 6.45) is 3.86. The Hall–Kier alpha value is -1.72. The van der Waals surface area contributed by atoms with E-state index >= 15 is 0 Å². The van der Waals surface area contributed by atoms with E-state index in [9.17, 15) is 0 Å². The van der Waals surface area contributed by atoms with Crippen molar-refractivity contribution in [3.8, 4) is 0 Å². The second-order valence-corrected chi connectivity index (χ2v) is 5.51. The van der Waals surface area contributed by atoms with Crippen LogP contribution in [0.15, 0.2) is 30.6 Å². The van der Waals surface area contributed by atoms with E-state index in [0.717, 1.165) is 38.5 Å². The van der Waals surface area contributed by atoms with Crippen molar-refractivity contribution in [3.63, 3.8) is 0 Å². The lowest BCUT2D eigenvalue weighted by Crippen LogP contribution is -2.36. The van der Waals surface area contributed by atoms with E-state index in [2.05, 4.69) is 32.7 Å². The fourth-order valence-electron chi connectivity index (χ4n) is 3.16. The Morgan fingerprint density at radius 2 is 2.29 bits per heavy atom. The molecule has 5 nitrogen and oxygen atoms in total. The molecule has 0 saturated carbocycles. The molecule has 0 radical (unpaired) electrons. The van der Waals surface area contributed by atoms with Crippen LogP contribution in [0.25, 0.3) is 0 Å². The van der Waals surface area contributed by atoms with Crippen LogP contribution in [0.1, 0.15) is 29.8 Å². The van der Waals surface area contributed by atoms with Crippen LogP contribution in [0.2, 0.25) is 0 Å². The first-order valence-corrected chi connectivity index (χ1v) is 7.47. The monoisotopic (exact) mass is 286 g/mol. The predicted octanol–water partition coefficient (Wildman–Crippen LogP) is 2.04. The highest BCUT2D eigenvalue weighted by molar-refractivity contribution is 5.25. The largest absolute Gasteiger partial charge is 0.384 e. The maximum absolute atomic E-state index is 5.42. The van der Waals surface area contributed by atoms with Gasteiger partial charge in [0.15, 0.2) is 0 Å². The Bertz CT molecular complexity index is 581. The summed E-state index contributed by atoms with van der Waals surface area (Å²) >= 11 is 0. The van der Waals surface area contributed by atoms with Gasteiger partial charge in [-0.1, -0.05) is 6.07 Å². The number of rotatable bonds is 5. The molecule has 2 aromatic rings. The molecule has 2 aromatic heterocycles. The zero-order valence-electron chi connectivity index (χ0n) is 12.7. The first-order chi connectivity index (χ1) is 10.3. The molecule has 112 valence electrons. The highest BCUT2D eigenvalue weighted by atomic mass is 16.5. The number of aromatic nitrogens is 3. The van der Waals surface area contributed by atoms with Crippen molar-refractivity contribution < 1.29 is 4.74 Å². The summed E-state index contributed by atoms with van der Waals surface area (Å²) in [4.78, 5) is 6.85. The SMILES string of the molecule is CCn1ncc2c1[C@H](COC)CN(Cc1ccccn1)C2. The molecule has 0 unspecified atom stereocenters. The molecule has 0 N–H and O–H groups in total. The fourth-order valence-corrected chi connectivity index (χ4v) is 3.16. The molecule has 1 aliphatic heterocycles. The third-order valence-corrected chi connectivity index (χ3v) is 4.00. The Morgan fingerprint density at radius 1 is 1.38 bits per heavy atom. The van der Waals surface area contributed by atoms with Gasteiger partial charge in [-0.25, -0.2) is 0 Å². The number of hydrogen-bond donors (Lipinski definition) is 0. The van der Waals surface area contributed by atoms with Gasteiger partial charge in [0.1, 0.15) is 0 Å². The number of aryl methyl sites for hydroxylation is 1. The Labute approximate surface area is 125 Å². The summed E-state index contributed by atoms with van der Waals surface area (Å²) in [6.45, 7) is 6.58. The first kappa shape index (κ1) is 14.2. The van der Waals surface area contributed by atoms with Gasteiger partial charge in [0.25, 0.3) is 0 Å². The normalized spacial score (nSPS) is 18.7. The molecular weight excluding hydrogens is 264 g/mol. The summed E-state index contributed by atoms with van der Waals surface area (Å²) in [6, 6.07) is 6.08. The van der Waals surface area contributed by atoms with Crippen LogP contribution in [0.4, 0.5) is 0 Å². The molecule has 0 spiro atoms. The summed E-state index contributed by atoms with van der Waals surface area (Å²) in [5.41, 5.74) is 3.78. The minimum absolute atomic E-state index is 0.380. The third kappa shape index (κ3) is 2.99. The van der Waals surface area contributed by atoms with Crippen molar-refractivity contribution >= 4 is 0 Å². The lowest BCUT2D eigenvalue weighted by Gasteiger charge is -2.32. The van der Waals surface area contributed by atoms with E-state index in [1.165, 1.54) is 11.3 Å². The number of pyridine rings is 1. The lowest BCUT2D eigenvalue weighted by atomic mass is 9.96. The summed E-state index contributed by atoms with van der Waals surface area (Å²) in [5.74, 6) is 0.380. The molecule has 0 aromatic carbocycles. The topological polar surface area (TPSA) is 43.2 Å². The molecule has 21 heavy (non-hydrogen) atoms. The van der Waals surface area contributed by atoms with Crippen LogP contribution in [-0.2, 0) is 24.4 Å². The van der Waals surface area contributed by atoms with Gasteiger partial charge in [-0.3, -0.25) is 14.6 Å². The smallest absolute Gasteiger partial charge is 0.0558 e. The maximum Gasteiger partial charge on any atom is 0.0558 e. The number of fused-ring (bicyclic) bond motifs is 1. The van der Waals surface area contributed by atoms with Crippen LogP contribution in [0.5, 0.6) is 0 Å². The number of methoxy groups -OCH3 is 1. The fraction of sp³-hybridized carbons (Fsp3) is 0.500. The molecule has 0 fully saturated rings. The number of hydrogen-bond acceptors (Lipinski definition) is 4. The molecule has 1 atom stereocenters. The summed E-state index contributed by atoms with van der Waals surface area (Å²) in [5, 5.41) is 4.51.